The van der Waals surface area contributed by atoms with Crippen molar-refractivity contribution in [1.82, 2.24) is 5.32 Å². The zero-order chi connectivity index (χ0) is 45.3. The van der Waals surface area contributed by atoms with E-state index in [1.54, 1.807) is 6.08 Å². The fraction of sp³-hybridized carbons (Fsp3) is 0.792. The molecule has 0 fully saturated rings. The third-order valence-corrected chi connectivity index (χ3v) is 12.3. The van der Waals surface area contributed by atoms with Gasteiger partial charge in [-0.3, -0.25) is 13.8 Å². The van der Waals surface area contributed by atoms with Crippen molar-refractivity contribution in [3.05, 3.63) is 60.8 Å². The van der Waals surface area contributed by atoms with E-state index in [0.29, 0.717) is 6.42 Å². The predicted octanol–water partition coefficient (Wildman–Crippen LogP) is 15.4. The Morgan fingerprint density at radius 2 is 0.903 bits per heavy atom. The van der Waals surface area contributed by atoms with E-state index in [-0.39, 0.29) is 25.7 Å². The molecule has 0 aromatic rings. The Bertz CT molecular complexity index is 1150. The summed E-state index contributed by atoms with van der Waals surface area (Å²) >= 11 is 0. The first-order valence-corrected chi connectivity index (χ1v) is 27.4. The first-order valence-electron chi connectivity index (χ1n) is 25.9. The fourth-order valence-electron chi connectivity index (χ4n) is 7.39. The van der Waals surface area contributed by atoms with Gasteiger partial charge >= 0.3 is 7.82 Å². The Labute approximate surface area is 383 Å². The van der Waals surface area contributed by atoms with Crippen molar-refractivity contribution in [3.8, 4) is 0 Å². The Morgan fingerprint density at radius 1 is 0.532 bits per heavy atom. The van der Waals surface area contributed by atoms with Gasteiger partial charge in [-0.15, -0.1) is 0 Å². The van der Waals surface area contributed by atoms with E-state index >= 15 is 0 Å². The summed E-state index contributed by atoms with van der Waals surface area (Å²) < 4.78 is 22.2. The molecule has 8 nitrogen and oxygen atoms in total. The van der Waals surface area contributed by atoms with Crippen LogP contribution in [0.2, 0.25) is 0 Å². The second-order valence-corrected chi connectivity index (χ2v) is 18.8. The zero-order valence-corrected chi connectivity index (χ0v) is 41.2. The van der Waals surface area contributed by atoms with Gasteiger partial charge in [-0.05, 0) is 70.6 Å². The average Bonchev–Trinajstić information content (AvgIpc) is 3.26. The van der Waals surface area contributed by atoms with Gasteiger partial charge in [0.25, 0.3) is 0 Å². The number of phosphoric acid groups is 1. The van der Waals surface area contributed by atoms with Crippen molar-refractivity contribution in [3.63, 3.8) is 0 Å². The van der Waals surface area contributed by atoms with Gasteiger partial charge in [0.1, 0.15) is 0 Å². The third-order valence-electron chi connectivity index (χ3n) is 11.3. The summed E-state index contributed by atoms with van der Waals surface area (Å²) in [6.07, 6.45) is 62.8. The maximum Gasteiger partial charge on any atom is 0.472 e. The molecule has 0 aliphatic carbocycles. The Hall–Kier alpha value is -1.80. The lowest BCUT2D eigenvalue weighted by Crippen LogP contribution is -2.45. The van der Waals surface area contributed by atoms with Crippen molar-refractivity contribution in [1.29, 1.82) is 0 Å². The van der Waals surface area contributed by atoms with E-state index in [0.717, 1.165) is 57.8 Å². The van der Waals surface area contributed by atoms with Crippen LogP contribution in [0.1, 0.15) is 239 Å². The molecule has 0 radical (unpaired) electrons. The second kappa shape index (κ2) is 48.7. The largest absolute Gasteiger partial charge is 0.472 e. The van der Waals surface area contributed by atoms with Crippen molar-refractivity contribution < 1.29 is 28.4 Å². The van der Waals surface area contributed by atoms with Gasteiger partial charge < -0.3 is 21.1 Å². The lowest BCUT2D eigenvalue weighted by molar-refractivity contribution is -0.123. The van der Waals surface area contributed by atoms with E-state index in [9.17, 15) is 19.4 Å². The molecule has 0 rings (SSSR count). The monoisotopic (exact) mass is 891 g/mol. The van der Waals surface area contributed by atoms with Crippen LogP contribution in [0, 0.1) is 0 Å². The summed E-state index contributed by atoms with van der Waals surface area (Å²) in [5.74, 6) is -0.211. The number of carbonyl (C=O) groups is 1. The van der Waals surface area contributed by atoms with Gasteiger partial charge in [-0.25, -0.2) is 4.57 Å². The van der Waals surface area contributed by atoms with Crippen LogP contribution in [0.4, 0.5) is 0 Å². The minimum atomic E-state index is -4.36. The number of amides is 1. The van der Waals surface area contributed by atoms with Crippen LogP contribution in [-0.2, 0) is 18.4 Å². The quantitative estimate of drug-likeness (QED) is 0.0272. The molecule has 3 atom stereocenters. The predicted molar refractivity (Wildman–Crippen MR) is 267 cm³/mol. The molecule has 0 aliphatic heterocycles. The fourth-order valence-corrected chi connectivity index (χ4v) is 8.15. The number of aliphatic hydroxyl groups excluding tert-OH is 1. The molecule has 0 aromatic carbocycles. The zero-order valence-electron chi connectivity index (χ0n) is 40.4. The van der Waals surface area contributed by atoms with E-state index in [1.807, 2.05) is 6.08 Å². The highest BCUT2D eigenvalue weighted by molar-refractivity contribution is 7.47. The molecule has 0 saturated heterocycles. The Morgan fingerprint density at radius 3 is 1.35 bits per heavy atom. The van der Waals surface area contributed by atoms with Gasteiger partial charge in [0.05, 0.1) is 25.4 Å². The van der Waals surface area contributed by atoms with E-state index in [4.69, 9.17) is 14.8 Å². The molecular formula is C53H99N2O6P. The molecule has 0 bridgehead atoms. The molecule has 0 saturated carbocycles. The van der Waals surface area contributed by atoms with Crippen molar-refractivity contribution in [2.75, 3.05) is 19.8 Å². The van der Waals surface area contributed by atoms with Crippen LogP contribution >= 0.6 is 7.82 Å². The molecule has 9 heteroatoms. The van der Waals surface area contributed by atoms with Gasteiger partial charge in [-0.1, -0.05) is 222 Å². The molecule has 0 aliphatic rings. The number of hydrogen-bond donors (Lipinski definition) is 4. The van der Waals surface area contributed by atoms with Crippen LogP contribution in [0.15, 0.2) is 60.8 Å². The van der Waals surface area contributed by atoms with Crippen LogP contribution < -0.4 is 11.1 Å². The Kier molecular flexibility index (Phi) is 47.2. The van der Waals surface area contributed by atoms with Gasteiger partial charge in [0.2, 0.25) is 5.91 Å². The molecular weight excluding hydrogens is 792 g/mol. The molecule has 3 unspecified atom stereocenters. The Balaban J connectivity index is 4.17. The highest BCUT2D eigenvalue weighted by atomic mass is 31.2. The number of unbranched alkanes of at least 4 members (excludes halogenated alkanes) is 28. The van der Waals surface area contributed by atoms with E-state index < -0.39 is 20.0 Å². The van der Waals surface area contributed by atoms with Gasteiger partial charge in [0, 0.05) is 13.0 Å². The number of aliphatic hydroxyl groups is 1. The summed E-state index contributed by atoms with van der Waals surface area (Å²) in [6.45, 7) is 4.11. The molecule has 362 valence electrons. The summed E-state index contributed by atoms with van der Waals surface area (Å²) in [4.78, 5) is 22.8. The second-order valence-electron chi connectivity index (χ2n) is 17.4. The van der Waals surface area contributed by atoms with E-state index in [2.05, 4.69) is 67.8 Å². The minimum absolute atomic E-state index is 0.0707. The number of phosphoric ester groups is 1. The lowest BCUT2D eigenvalue weighted by atomic mass is 10.0. The summed E-state index contributed by atoms with van der Waals surface area (Å²) in [7, 11) is -4.36. The molecule has 0 spiro atoms. The number of nitrogens with one attached hydrogen (secondary N) is 1. The molecule has 62 heavy (non-hydrogen) atoms. The number of allylic oxidation sites excluding steroid dienone is 9. The smallest absolute Gasteiger partial charge is 0.387 e. The standard InChI is InChI=1S/C53H99N2O6P/c1-3-5-7-9-11-13-15-17-19-21-23-25-26-27-29-31-33-35-37-39-41-43-45-47-53(57)55-51(50-61-62(58,59)60-49-48-54)52(56)46-44-42-40-38-36-34-32-30-28-24-22-20-18-16-14-12-10-8-6-4-2/h15,17,21,23,26-27,36,38,44,46,51-52,56H,3-14,16,18-20,22,24-25,28-35,37,39-43,45,47-50,54H2,1-2H3,(H,55,57)(H,58,59)/b17-15-,23-21-,27-26-,38-36+,46-44+. The summed E-state index contributed by atoms with van der Waals surface area (Å²) in [5.41, 5.74) is 5.39. The van der Waals surface area contributed by atoms with Gasteiger partial charge in [0.15, 0.2) is 0 Å². The van der Waals surface area contributed by atoms with Gasteiger partial charge in [-0.2, -0.15) is 0 Å². The maximum atomic E-state index is 12.8. The average molecular weight is 891 g/mol. The highest BCUT2D eigenvalue weighted by Gasteiger charge is 2.26. The van der Waals surface area contributed by atoms with Crippen molar-refractivity contribution in [2.24, 2.45) is 5.73 Å². The topological polar surface area (TPSA) is 131 Å². The van der Waals surface area contributed by atoms with E-state index in [1.165, 1.54) is 161 Å². The number of nitrogens with two attached hydrogens (primary N) is 1. The molecule has 0 heterocycles. The van der Waals surface area contributed by atoms with Crippen LogP contribution in [0.3, 0.4) is 0 Å². The third kappa shape index (κ3) is 46.2. The van der Waals surface area contributed by atoms with Crippen molar-refractivity contribution >= 4 is 13.7 Å². The minimum Gasteiger partial charge on any atom is -0.387 e. The summed E-state index contributed by atoms with van der Waals surface area (Å²) in [5, 5.41) is 13.7. The molecule has 5 N–H and O–H groups in total. The SMILES string of the molecule is CCCCCCC/C=C\C/C=C\C/C=C\CCCCCCCCCCC(=O)NC(COP(=O)(O)OCCN)C(O)/C=C/CC/C=C/CCCCCCCCCCCCCCCC. The summed E-state index contributed by atoms with van der Waals surface area (Å²) in [6, 6.07) is -0.884. The van der Waals surface area contributed by atoms with Crippen LogP contribution in [0.5, 0.6) is 0 Å². The molecule has 1 amide bonds. The van der Waals surface area contributed by atoms with Crippen LogP contribution in [-0.4, -0.2) is 47.8 Å². The number of rotatable bonds is 48. The van der Waals surface area contributed by atoms with Crippen molar-refractivity contribution in [2.45, 2.75) is 251 Å². The maximum absolute atomic E-state index is 12.8. The molecule has 0 aromatic heterocycles. The first kappa shape index (κ1) is 60.2. The normalized spacial score (nSPS) is 14.3. The lowest BCUT2D eigenvalue weighted by Gasteiger charge is -2.23. The first-order chi connectivity index (χ1) is 30.4. The number of hydrogen-bond acceptors (Lipinski definition) is 6. The van der Waals surface area contributed by atoms with Crippen LogP contribution in [0.25, 0.3) is 0 Å². The highest BCUT2D eigenvalue weighted by Crippen LogP contribution is 2.43. The number of carbonyl (C=O) groups excluding carboxylic acids is 1.